The molecule has 0 spiro atoms. The van der Waals surface area contributed by atoms with Gasteiger partial charge < -0.3 is 10.1 Å². The average Bonchev–Trinajstić information content (AvgIpc) is 2.44. The predicted molar refractivity (Wildman–Crippen MR) is 75.5 cm³/mol. The quantitative estimate of drug-likeness (QED) is 0.646. The van der Waals surface area contributed by atoms with Gasteiger partial charge in [-0.3, -0.25) is 4.98 Å². The van der Waals surface area contributed by atoms with Crippen LogP contribution in [0.4, 0.5) is 8.78 Å². The van der Waals surface area contributed by atoms with Gasteiger partial charge in [0, 0.05) is 23.8 Å². The predicted octanol–water partition coefficient (Wildman–Crippen LogP) is 3.29. The van der Waals surface area contributed by atoms with Crippen LogP contribution >= 0.6 is 15.9 Å². The highest BCUT2D eigenvalue weighted by Crippen LogP contribution is 2.25. The van der Waals surface area contributed by atoms with Gasteiger partial charge in [0.05, 0.1) is 5.69 Å². The van der Waals surface area contributed by atoms with E-state index in [0.29, 0.717) is 17.6 Å². The van der Waals surface area contributed by atoms with Crippen molar-refractivity contribution in [3.63, 3.8) is 0 Å². The van der Waals surface area contributed by atoms with Crippen molar-refractivity contribution >= 4 is 15.9 Å². The number of benzene rings is 1. The second-order valence-electron chi connectivity index (χ2n) is 4.05. The van der Waals surface area contributed by atoms with Crippen LogP contribution < -0.4 is 10.1 Å². The Kier molecular flexibility index (Phi) is 5.43. The van der Waals surface area contributed by atoms with Crippen molar-refractivity contribution in [3.8, 4) is 5.75 Å². The minimum Gasteiger partial charge on any atom is -0.489 e. The summed E-state index contributed by atoms with van der Waals surface area (Å²) in [6, 6.07) is 8.10. The number of halogens is 3. The topological polar surface area (TPSA) is 34.1 Å². The number of rotatable bonds is 6. The third-order valence-electron chi connectivity index (χ3n) is 2.53. The van der Waals surface area contributed by atoms with Crippen molar-refractivity contribution in [3.05, 3.63) is 58.3 Å². The third kappa shape index (κ3) is 4.25. The van der Waals surface area contributed by atoms with Gasteiger partial charge in [0.1, 0.15) is 6.61 Å². The fourth-order valence-electron chi connectivity index (χ4n) is 1.59. The Morgan fingerprint density at radius 2 is 2.10 bits per heavy atom. The number of pyridine rings is 1. The van der Waals surface area contributed by atoms with E-state index in [-0.39, 0.29) is 12.4 Å². The number of nitrogens with zero attached hydrogens (tertiary/aromatic N) is 1. The summed E-state index contributed by atoms with van der Waals surface area (Å²) in [5.74, 6) is -2.01. The van der Waals surface area contributed by atoms with E-state index >= 15 is 0 Å². The molecule has 2 rings (SSSR count). The number of hydrogen-bond acceptors (Lipinski definition) is 3. The lowest BCUT2D eigenvalue weighted by atomic mass is 10.3. The minimum absolute atomic E-state index is 0.100. The zero-order valence-electron chi connectivity index (χ0n) is 10.6. The molecule has 0 fully saturated rings. The Bertz CT molecular complexity index is 567. The summed E-state index contributed by atoms with van der Waals surface area (Å²) in [7, 11) is 0. The van der Waals surface area contributed by atoms with Gasteiger partial charge in [0.15, 0.2) is 11.6 Å². The zero-order chi connectivity index (χ0) is 14.4. The molecule has 0 saturated heterocycles. The van der Waals surface area contributed by atoms with Crippen molar-refractivity contribution < 1.29 is 13.5 Å². The Morgan fingerprint density at radius 3 is 2.85 bits per heavy atom. The van der Waals surface area contributed by atoms with Gasteiger partial charge in [0.25, 0.3) is 0 Å². The van der Waals surface area contributed by atoms with Crippen LogP contribution in [0.5, 0.6) is 5.75 Å². The van der Waals surface area contributed by atoms with Crippen LogP contribution in [0.25, 0.3) is 0 Å². The molecule has 0 aliphatic heterocycles. The highest BCUT2D eigenvalue weighted by atomic mass is 79.9. The molecular formula is C14H13BrF2N2O. The number of aromatic nitrogens is 1. The molecule has 0 unspecified atom stereocenters. The first-order chi connectivity index (χ1) is 9.66. The van der Waals surface area contributed by atoms with E-state index < -0.39 is 11.6 Å². The van der Waals surface area contributed by atoms with Crippen molar-refractivity contribution in [2.24, 2.45) is 0 Å². The monoisotopic (exact) mass is 342 g/mol. The van der Waals surface area contributed by atoms with E-state index in [0.717, 1.165) is 11.8 Å². The van der Waals surface area contributed by atoms with Gasteiger partial charge >= 0.3 is 0 Å². The summed E-state index contributed by atoms with van der Waals surface area (Å²) in [4.78, 5) is 4.15. The Labute approximate surface area is 124 Å². The lowest BCUT2D eigenvalue weighted by Crippen LogP contribution is -2.21. The highest BCUT2D eigenvalue weighted by Gasteiger charge is 2.10. The fourth-order valence-corrected chi connectivity index (χ4v) is 2.00. The van der Waals surface area contributed by atoms with Gasteiger partial charge in [0.2, 0.25) is 5.82 Å². The van der Waals surface area contributed by atoms with Gasteiger partial charge in [-0.1, -0.05) is 22.0 Å². The molecule has 0 aliphatic carbocycles. The summed E-state index contributed by atoms with van der Waals surface area (Å²) in [5.41, 5.74) is 0.909. The summed E-state index contributed by atoms with van der Waals surface area (Å²) >= 11 is 3.09. The maximum atomic E-state index is 13.4. The number of hydrogen-bond donors (Lipinski definition) is 1. The molecule has 1 heterocycles. The summed E-state index contributed by atoms with van der Waals surface area (Å²) < 4.78 is 32.2. The lowest BCUT2D eigenvalue weighted by molar-refractivity contribution is 0.292. The van der Waals surface area contributed by atoms with Gasteiger partial charge in [-0.25, -0.2) is 4.39 Å². The Hall–Kier alpha value is -1.53. The van der Waals surface area contributed by atoms with Gasteiger partial charge in [-0.15, -0.1) is 0 Å². The van der Waals surface area contributed by atoms with E-state index in [9.17, 15) is 8.78 Å². The molecule has 6 heteroatoms. The fraction of sp³-hybridized carbons (Fsp3) is 0.214. The molecule has 0 aliphatic rings. The summed E-state index contributed by atoms with van der Waals surface area (Å²) in [5, 5.41) is 3.11. The average molecular weight is 343 g/mol. The maximum Gasteiger partial charge on any atom is 0.200 e. The molecule has 0 radical (unpaired) electrons. The molecule has 20 heavy (non-hydrogen) atoms. The van der Waals surface area contributed by atoms with Crippen LogP contribution in [0.2, 0.25) is 0 Å². The van der Waals surface area contributed by atoms with Crippen LogP contribution in [0.3, 0.4) is 0 Å². The van der Waals surface area contributed by atoms with Crippen molar-refractivity contribution in [2.75, 3.05) is 13.2 Å². The number of nitrogens with one attached hydrogen (secondary N) is 1. The van der Waals surface area contributed by atoms with E-state index in [1.165, 1.54) is 6.07 Å². The first kappa shape index (κ1) is 14.9. The SMILES string of the molecule is Fc1cc(Br)cc(OCCNCc2ccccn2)c1F. The normalized spacial score (nSPS) is 10.6. The second kappa shape index (κ2) is 7.31. The molecule has 0 saturated carbocycles. The van der Waals surface area contributed by atoms with E-state index in [4.69, 9.17) is 4.74 Å². The molecule has 1 N–H and O–H groups in total. The first-order valence-corrected chi connectivity index (χ1v) is 6.84. The van der Waals surface area contributed by atoms with E-state index in [1.54, 1.807) is 6.20 Å². The van der Waals surface area contributed by atoms with Gasteiger partial charge in [-0.2, -0.15) is 4.39 Å². The van der Waals surface area contributed by atoms with Crippen LogP contribution in [0.15, 0.2) is 41.0 Å². The number of ether oxygens (including phenoxy) is 1. The van der Waals surface area contributed by atoms with Crippen molar-refractivity contribution in [2.45, 2.75) is 6.54 Å². The second-order valence-corrected chi connectivity index (χ2v) is 4.96. The lowest BCUT2D eigenvalue weighted by Gasteiger charge is -2.09. The standard InChI is InChI=1S/C14H13BrF2N2O/c15-10-7-12(16)14(17)13(8-10)20-6-5-18-9-11-3-1-2-4-19-11/h1-4,7-8,18H,5-6,9H2. The molecule has 0 amide bonds. The molecule has 0 bridgehead atoms. The molecule has 3 nitrogen and oxygen atoms in total. The maximum absolute atomic E-state index is 13.4. The molecule has 1 aromatic carbocycles. The smallest absolute Gasteiger partial charge is 0.200 e. The largest absolute Gasteiger partial charge is 0.489 e. The van der Waals surface area contributed by atoms with E-state index in [1.807, 2.05) is 18.2 Å². The van der Waals surface area contributed by atoms with Gasteiger partial charge in [-0.05, 0) is 24.3 Å². The first-order valence-electron chi connectivity index (χ1n) is 6.05. The molecule has 1 aromatic heterocycles. The zero-order valence-corrected chi connectivity index (χ0v) is 12.2. The van der Waals surface area contributed by atoms with Crippen LogP contribution in [-0.2, 0) is 6.54 Å². The Balaban J connectivity index is 1.76. The Morgan fingerprint density at radius 1 is 1.25 bits per heavy atom. The summed E-state index contributed by atoms with van der Waals surface area (Å²) in [6.45, 7) is 1.34. The highest BCUT2D eigenvalue weighted by molar-refractivity contribution is 9.10. The summed E-state index contributed by atoms with van der Waals surface area (Å²) in [6.07, 6.45) is 1.72. The molecular weight excluding hydrogens is 330 g/mol. The van der Waals surface area contributed by atoms with Crippen molar-refractivity contribution in [1.82, 2.24) is 10.3 Å². The molecule has 0 atom stereocenters. The molecule has 106 valence electrons. The third-order valence-corrected chi connectivity index (χ3v) is 2.99. The minimum atomic E-state index is -0.974. The van der Waals surface area contributed by atoms with Crippen LogP contribution in [-0.4, -0.2) is 18.1 Å². The van der Waals surface area contributed by atoms with Crippen LogP contribution in [0, 0.1) is 11.6 Å². The van der Waals surface area contributed by atoms with Crippen molar-refractivity contribution in [1.29, 1.82) is 0 Å². The molecule has 2 aromatic rings. The van der Waals surface area contributed by atoms with E-state index in [2.05, 4.69) is 26.2 Å². The van der Waals surface area contributed by atoms with Crippen LogP contribution in [0.1, 0.15) is 5.69 Å².